The number of fused-ring (bicyclic) bond motifs is 1. The second kappa shape index (κ2) is 7.59. The Hall–Kier alpha value is -1.93. The summed E-state index contributed by atoms with van der Waals surface area (Å²) in [5.41, 5.74) is 1.51. The van der Waals surface area contributed by atoms with Crippen molar-refractivity contribution >= 4 is 21.6 Å². The zero-order valence-electron chi connectivity index (χ0n) is 15.4. The molecule has 1 atom stereocenters. The van der Waals surface area contributed by atoms with Crippen LogP contribution in [0.2, 0.25) is 0 Å². The Labute approximate surface area is 159 Å². The number of pyridine rings is 1. The van der Waals surface area contributed by atoms with E-state index in [-0.39, 0.29) is 24.9 Å². The van der Waals surface area contributed by atoms with Crippen LogP contribution in [0.1, 0.15) is 44.2 Å². The molecule has 0 unspecified atom stereocenters. The van der Waals surface area contributed by atoms with Crippen LogP contribution in [0.4, 0.5) is 0 Å². The maximum absolute atomic E-state index is 12.7. The first-order chi connectivity index (χ1) is 13.0. The first-order valence-corrected chi connectivity index (χ1v) is 11.3. The monoisotopic (exact) mass is 390 g/mol. The number of nitrogens with zero attached hydrogens (tertiary/aromatic N) is 3. The van der Waals surface area contributed by atoms with Gasteiger partial charge in [-0.2, -0.15) is 0 Å². The molecule has 0 radical (unpaired) electrons. The summed E-state index contributed by atoms with van der Waals surface area (Å²) in [6.07, 6.45) is 9.29. The molecule has 4 rings (SSSR count). The van der Waals surface area contributed by atoms with Crippen LogP contribution in [0.15, 0.2) is 30.6 Å². The average molecular weight is 391 g/mol. The number of likely N-dealkylation sites (tertiary alicyclic amines) is 1. The molecular weight excluding hydrogens is 364 g/mol. The standard InChI is InChI=1S/C19H26N4O3S/c24-19(12-16-13-22-10-4-3-9-18(22)20-16)23-11-5-8-17(14-23)27(25,26)21-15-6-1-2-7-15/h3-4,9-10,13,15,17,21H,1-2,5-8,11-12,14H2/t17-/m0/s1. The summed E-state index contributed by atoms with van der Waals surface area (Å²) in [6, 6.07) is 5.79. The fourth-order valence-electron chi connectivity index (χ4n) is 4.13. The van der Waals surface area contributed by atoms with E-state index in [0.29, 0.717) is 25.1 Å². The summed E-state index contributed by atoms with van der Waals surface area (Å²) in [5, 5.41) is -0.517. The van der Waals surface area contributed by atoms with E-state index >= 15 is 0 Å². The zero-order valence-corrected chi connectivity index (χ0v) is 16.2. The molecule has 1 amide bonds. The molecule has 1 saturated carbocycles. The quantitative estimate of drug-likeness (QED) is 0.843. The smallest absolute Gasteiger partial charge is 0.228 e. The van der Waals surface area contributed by atoms with Gasteiger partial charge < -0.3 is 9.30 Å². The summed E-state index contributed by atoms with van der Waals surface area (Å²) in [7, 11) is -3.39. The lowest BCUT2D eigenvalue weighted by molar-refractivity contribution is -0.131. The number of nitrogens with one attached hydrogen (secondary N) is 1. The van der Waals surface area contributed by atoms with Crippen LogP contribution < -0.4 is 4.72 Å². The third kappa shape index (κ3) is 4.16. The SMILES string of the molecule is O=C(Cc1cn2ccccc2n1)N1CCC[C@H](S(=O)(=O)NC2CCCC2)C1. The highest BCUT2D eigenvalue weighted by atomic mass is 32.2. The van der Waals surface area contributed by atoms with Gasteiger partial charge in [-0.25, -0.2) is 18.1 Å². The van der Waals surface area contributed by atoms with Crippen molar-refractivity contribution in [3.05, 3.63) is 36.3 Å². The van der Waals surface area contributed by atoms with Gasteiger partial charge in [-0.15, -0.1) is 0 Å². The van der Waals surface area contributed by atoms with Gasteiger partial charge in [-0.05, 0) is 37.8 Å². The van der Waals surface area contributed by atoms with E-state index in [2.05, 4.69) is 9.71 Å². The molecule has 1 aliphatic carbocycles. The Morgan fingerprint density at radius 2 is 2.00 bits per heavy atom. The molecule has 2 fully saturated rings. The Morgan fingerprint density at radius 3 is 2.78 bits per heavy atom. The Balaban J connectivity index is 1.40. The van der Waals surface area contributed by atoms with E-state index in [4.69, 9.17) is 0 Å². The Morgan fingerprint density at radius 1 is 1.19 bits per heavy atom. The number of sulfonamides is 1. The van der Waals surface area contributed by atoms with Crippen molar-refractivity contribution in [2.45, 2.75) is 56.2 Å². The number of hydrogen-bond acceptors (Lipinski definition) is 4. The molecule has 0 aromatic carbocycles. The van der Waals surface area contributed by atoms with E-state index in [9.17, 15) is 13.2 Å². The van der Waals surface area contributed by atoms with Gasteiger partial charge in [-0.3, -0.25) is 4.79 Å². The molecule has 3 heterocycles. The number of amides is 1. The number of aromatic nitrogens is 2. The summed E-state index contributed by atoms with van der Waals surface area (Å²) >= 11 is 0. The number of hydrogen-bond donors (Lipinski definition) is 1. The highest BCUT2D eigenvalue weighted by molar-refractivity contribution is 7.90. The second-order valence-corrected chi connectivity index (χ2v) is 9.62. The lowest BCUT2D eigenvalue weighted by atomic mass is 10.1. The predicted octanol–water partition coefficient (Wildman–Crippen LogP) is 1.73. The van der Waals surface area contributed by atoms with Crippen LogP contribution in [0.5, 0.6) is 0 Å². The van der Waals surface area contributed by atoms with Gasteiger partial charge in [0, 0.05) is 31.5 Å². The normalized spacial score (nSPS) is 21.8. The summed E-state index contributed by atoms with van der Waals surface area (Å²) in [4.78, 5) is 18.9. The van der Waals surface area contributed by atoms with Crippen LogP contribution in [-0.2, 0) is 21.2 Å². The first kappa shape index (κ1) is 18.4. The molecule has 7 nitrogen and oxygen atoms in total. The summed E-state index contributed by atoms with van der Waals surface area (Å²) in [6.45, 7) is 0.885. The lowest BCUT2D eigenvalue weighted by Gasteiger charge is -2.33. The van der Waals surface area contributed by atoms with Crippen molar-refractivity contribution in [2.24, 2.45) is 0 Å². The second-order valence-electron chi connectivity index (χ2n) is 7.62. The van der Waals surface area contributed by atoms with Gasteiger partial charge in [0.25, 0.3) is 0 Å². The number of imidazole rings is 1. The molecule has 27 heavy (non-hydrogen) atoms. The van der Waals surface area contributed by atoms with Crippen molar-refractivity contribution in [2.75, 3.05) is 13.1 Å². The van der Waals surface area contributed by atoms with E-state index in [1.807, 2.05) is 35.0 Å². The molecule has 1 saturated heterocycles. The summed E-state index contributed by atoms with van der Waals surface area (Å²) < 4.78 is 30.2. The largest absolute Gasteiger partial charge is 0.341 e. The number of rotatable bonds is 5. The summed E-state index contributed by atoms with van der Waals surface area (Å²) in [5.74, 6) is -0.0563. The van der Waals surface area contributed by atoms with Crippen molar-refractivity contribution < 1.29 is 13.2 Å². The number of carbonyl (C=O) groups is 1. The lowest BCUT2D eigenvalue weighted by Crippen LogP contribution is -2.50. The van der Waals surface area contributed by atoms with Crippen LogP contribution >= 0.6 is 0 Å². The molecule has 2 aromatic rings. The maximum Gasteiger partial charge on any atom is 0.228 e. The van der Waals surface area contributed by atoms with Gasteiger partial charge in [0.2, 0.25) is 15.9 Å². The van der Waals surface area contributed by atoms with Crippen molar-refractivity contribution in [1.82, 2.24) is 19.0 Å². The topological polar surface area (TPSA) is 83.8 Å². The van der Waals surface area contributed by atoms with Gasteiger partial charge in [-0.1, -0.05) is 18.9 Å². The van der Waals surface area contributed by atoms with E-state index in [1.54, 1.807) is 4.90 Å². The third-order valence-corrected chi connectivity index (χ3v) is 7.53. The Bertz CT molecular complexity index is 885. The minimum atomic E-state index is -3.39. The molecule has 8 heteroatoms. The van der Waals surface area contributed by atoms with Gasteiger partial charge in [0.05, 0.1) is 17.4 Å². The van der Waals surface area contributed by atoms with Crippen molar-refractivity contribution in [3.8, 4) is 0 Å². The minimum absolute atomic E-state index is 0.0563. The fourth-order valence-corrected chi connectivity index (χ4v) is 5.88. The van der Waals surface area contributed by atoms with E-state index in [0.717, 1.165) is 31.3 Å². The predicted molar refractivity (Wildman–Crippen MR) is 103 cm³/mol. The molecule has 146 valence electrons. The van der Waals surface area contributed by atoms with Crippen molar-refractivity contribution in [3.63, 3.8) is 0 Å². The minimum Gasteiger partial charge on any atom is -0.341 e. The molecule has 1 N–H and O–H groups in total. The fraction of sp³-hybridized carbons (Fsp3) is 0.579. The van der Waals surface area contributed by atoms with Crippen LogP contribution in [0.25, 0.3) is 5.65 Å². The van der Waals surface area contributed by atoms with Crippen LogP contribution in [0.3, 0.4) is 0 Å². The van der Waals surface area contributed by atoms with Gasteiger partial charge in [0.1, 0.15) is 5.65 Å². The third-order valence-electron chi connectivity index (χ3n) is 5.60. The van der Waals surface area contributed by atoms with Crippen LogP contribution in [0, 0.1) is 0 Å². The molecule has 2 aliphatic rings. The molecule has 0 bridgehead atoms. The van der Waals surface area contributed by atoms with E-state index in [1.165, 1.54) is 0 Å². The molecule has 1 aliphatic heterocycles. The van der Waals surface area contributed by atoms with Gasteiger partial charge in [0.15, 0.2) is 0 Å². The molecule has 2 aromatic heterocycles. The highest BCUT2D eigenvalue weighted by Crippen LogP contribution is 2.22. The highest BCUT2D eigenvalue weighted by Gasteiger charge is 2.34. The average Bonchev–Trinajstić information content (AvgIpc) is 3.30. The first-order valence-electron chi connectivity index (χ1n) is 9.73. The Kier molecular flexibility index (Phi) is 5.19. The number of piperidine rings is 1. The molecular formula is C19H26N4O3S. The maximum atomic E-state index is 12.7. The van der Waals surface area contributed by atoms with Crippen LogP contribution in [-0.4, -0.2) is 53.0 Å². The van der Waals surface area contributed by atoms with Gasteiger partial charge >= 0.3 is 0 Å². The number of carbonyl (C=O) groups excluding carboxylic acids is 1. The van der Waals surface area contributed by atoms with Crippen molar-refractivity contribution in [1.29, 1.82) is 0 Å². The zero-order chi connectivity index (χ0) is 18.9. The molecule has 0 spiro atoms. The van der Waals surface area contributed by atoms with E-state index < -0.39 is 15.3 Å².